The first-order valence-electron chi connectivity index (χ1n) is 5.57. The maximum atomic E-state index is 6.24. The Bertz CT molecular complexity index is 682. The summed E-state index contributed by atoms with van der Waals surface area (Å²) in [5, 5.41) is 2.03. The van der Waals surface area contributed by atoms with E-state index in [4.69, 9.17) is 11.6 Å². The zero-order valence-electron chi connectivity index (χ0n) is 9.52. The van der Waals surface area contributed by atoms with Crippen LogP contribution in [-0.2, 0) is 7.05 Å². The highest BCUT2D eigenvalue weighted by atomic mass is 35.5. The highest BCUT2D eigenvalue weighted by molar-refractivity contribution is 6.33. The summed E-state index contributed by atoms with van der Waals surface area (Å²) in [6.45, 7) is 0. The molecule has 0 aliphatic carbocycles. The third-order valence-corrected chi connectivity index (χ3v) is 3.43. The molecule has 0 aliphatic rings. The van der Waals surface area contributed by atoms with Gasteiger partial charge >= 0.3 is 0 Å². The predicted octanol–water partition coefficient (Wildman–Crippen LogP) is 4.50. The molecule has 1 heterocycles. The van der Waals surface area contributed by atoms with Crippen LogP contribution < -0.4 is 0 Å². The standard InChI is InChI=1S/C15H12ClN/c1-17-14-9-5-2-6-11(14)10-15(17)12-7-3-4-8-13(12)16/h2-10H,1H3. The summed E-state index contributed by atoms with van der Waals surface area (Å²) in [4.78, 5) is 0. The van der Waals surface area contributed by atoms with Crippen LogP contribution in [-0.4, -0.2) is 4.57 Å². The summed E-state index contributed by atoms with van der Waals surface area (Å²) in [5.41, 5.74) is 3.45. The number of para-hydroxylation sites is 1. The summed E-state index contributed by atoms with van der Waals surface area (Å²) in [6, 6.07) is 18.5. The van der Waals surface area contributed by atoms with Gasteiger partial charge in [-0.1, -0.05) is 48.0 Å². The molecule has 3 aromatic rings. The Morgan fingerprint density at radius 2 is 1.65 bits per heavy atom. The molecule has 3 rings (SSSR count). The lowest BCUT2D eigenvalue weighted by Gasteiger charge is -2.06. The Kier molecular flexibility index (Phi) is 2.41. The van der Waals surface area contributed by atoms with Crippen molar-refractivity contribution in [2.75, 3.05) is 0 Å². The Hall–Kier alpha value is -1.73. The van der Waals surface area contributed by atoms with Crippen LogP contribution in [0.5, 0.6) is 0 Å². The number of halogens is 1. The van der Waals surface area contributed by atoms with E-state index in [2.05, 4.69) is 48.0 Å². The molecule has 0 saturated heterocycles. The molecule has 2 aromatic carbocycles. The Labute approximate surface area is 105 Å². The normalized spacial score (nSPS) is 10.9. The summed E-state index contributed by atoms with van der Waals surface area (Å²) in [6.07, 6.45) is 0. The number of rotatable bonds is 1. The highest BCUT2D eigenvalue weighted by Crippen LogP contribution is 2.31. The average Bonchev–Trinajstić information content (AvgIpc) is 2.68. The van der Waals surface area contributed by atoms with E-state index < -0.39 is 0 Å². The minimum Gasteiger partial charge on any atom is -0.344 e. The van der Waals surface area contributed by atoms with Crippen molar-refractivity contribution in [2.24, 2.45) is 7.05 Å². The predicted molar refractivity (Wildman–Crippen MR) is 73.4 cm³/mol. The molecule has 17 heavy (non-hydrogen) atoms. The van der Waals surface area contributed by atoms with Crippen LogP contribution in [0.25, 0.3) is 22.2 Å². The second kappa shape index (κ2) is 3.94. The first kappa shape index (κ1) is 10.4. The fourth-order valence-electron chi connectivity index (χ4n) is 2.22. The minimum absolute atomic E-state index is 0.790. The Morgan fingerprint density at radius 1 is 0.941 bits per heavy atom. The molecule has 0 fully saturated rings. The second-order valence-electron chi connectivity index (χ2n) is 4.13. The highest BCUT2D eigenvalue weighted by Gasteiger charge is 2.09. The van der Waals surface area contributed by atoms with Crippen molar-refractivity contribution in [3.63, 3.8) is 0 Å². The van der Waals surface area contributed by atoms with E-state index in [1.54, 1.807) is 0 Å². The second-order valence-corrected chi connectivity index (χ2v) is 4.53. The van der Waals surface area contributed by atoms with Crippen molar-refractivity contribution >= 4 is 22.5 Å². The molecule has 84 valence electrons. The van der Waals surface area contributed by atoms with Crippen LogP contribution in [0.15, 0.2) is 54.6 Å². The fourth-order valence-corrected chi connectivity index (χ4v) is 2.45. The monoisotopic (exact) mass is 241 g/mol. The summed E-state index contributed by atoms with van der Waals surface area (Å²) in [7, 11) is 2.07. The molecule has 2 heteroatoms. The van der Waals surface area contributed by atoms with Crippen molar-refractivity contribution < 1.29 is 0 Å². The number of benzene rings is 2. The molecule has 1 aromatic heterocycles. The number of aryl methyl sites for hydroxylation is 1. The van der Waals surface area contributed by atoms with E-state index in [9.17, 15) is 0 Å². The van der Waals surface area contributed by atoms with Crippen molar-refractivity contribution in [3.05, 3.63) is 59.6 Å². The Morgan fingerprint density at radius 3 is 2.41 bits per heavy atom. The van der Waals surface area contributed by atoms with Gasteiger partial charge in [0.2, 0.25) is 0 Å². The molecule has 0 amide bonds. The van der Waals surface area contributed by atoms with Crippen LogP contribution in [0, 0.1) is 0 Å². The van der Waals surface area contributed by atoms with Crippen LogP contribution in [0.3, 0.4) is 0 Å². The molecule has 0 atom stereocenters. The molecule has 0 unspecified atom stereocenters. The van der Waals surface area contributed by atoms with Crippen molar-refractivity contribution in [2.45, 2.75) is 0 Å². The molecule has 0 spiro atoms. The molecule has 0 radical (unpaired) electrons. The molecular formula is C15H12ClN. The number of aromatic nitrogens is 1. The Balaban J connectivity index is 2.32. The van der Waals surface area contributed by atoms with Gasteiger partial charge in [-0.15, -0.1) is 0 Å². The van der Waals surface area contributed by atoms with Gasteiger partial charge in [0.1, 0.15) is 0 Å². The SMILES string of the molecule is Cn1c(-c2ccccc2Cl)cc2ccccc21. The number of hydrogen-bond donors (Lipinski definition) is 0. The fraction of sp³-hybridized carbons (Fsp3) is 0.0667. The van der Waals surface area contributed by atoms with Gasteiger partial charge < -0.3 is 4.57 Å². The van der Waals surface area contributed by atoms with Crippen molar-refractivity contribution in [3.8, 4) is 11.3 Å². The summed E-state index contributed by atoms with van der Waals surface area (Å²) >= 11 is 6.24. The van der Waals surface area contributed by atoms with E-state index in [0.717, 1.165) is 16.3 Å². The third-order valence-electron chi connectivity index (χ3n) is 3.10. The lowest BCUT2D eigenvalue weighted by molar-refractivity contribution is 0.978. The lowest BCUT2D eigenvalue weighted by atomic mass is 10.1. The molecule has 0 bridgehead atoms. The molecule has 0 aliphatic heterocycles. The van der Waals surface area contributed by atoms with Gasteiger partial charge in [0.25, 0.3) is 0 Å². The smallest absolute Gasteiger partial charge is 0.0503 e. The first-order chi connectivity index (χ1) is 8.27. The maximum Gasteiger partial charge on any atom is 0.0503 e. The summed E-state index contributed by atoms with van der Waals surface area (Å²) < 4.78 is 2.18. The van der Waals surface area contributed by atoms with E-state index >= 15 is 0 Å². The number of fused-ring (bicyclic) bond motifs is 1. The molecule has 1 nitrogen and oxygen atoms in total. The van der Waals surface area contributed by atoms with Gasteiger partial charge in [-0.25, -0.2) is 0 Å². The van der Waals surface area contributed by atoms with Crippen LogP contribution in [0.1, 0.15) is 0 Å². The topological polar surface area (TPSA) is 4.93 Å². The van der Waals surface area contributed by atoms with Gasteiger partial charge in [-0.2, -0.15) is 0 Å². The van der Waals surface area contributed by atoms with Gasteiger partial charge in [0.15, 0.2) is 0 Å². The lowest BCUT2D eigenvalue weighted by Crippen LogP contribution is -1.91. The minimum atomic E-state index is 0.790. The van der Waals surface area contributed by atoms with Crippen LogP contribution in [0.4, 0.5) is 0 Å². The zero-order chi connectivity index (χ0) is 11.8. The first-order valence-corrected chi connectivity index (χ1v) is 5.94. The largest absolute Gasteiger partial charge is 0.344 e. The van der Waals surface area contributed by atoms with E-state index in [1.807, 2.05) is 18.2 Å². The van der Waals surface area contributed by atoms with Gasteiger partial charge in [-0.05, 0) is 18.2 Å². The van der Waals surface area contributed by atoms with Crippen molar-refractivity contribution in [1.29, 1.82) is 0 Å². The van der Waals surface area contributed by atoms with E-state index in [-0.39, 0.29) is 0 Å². The molecule has 0 N–H and O–H groups in total. The van der Waals surface area contributed by atoms with Gasteiger partial charge in [0, 0.05) is 28.5 Å². The van der Waals surface area contributed by atoms with Crippen molar-refractivity contribution in [1.82, 2.24) is 4.57 Å². The third kappa shape index (κ3) is 1.63. The molecule has 0 saturated carbocycles. The van der Waals surface area contributed by atoms with E-state index in [0.29, 0.717) is 0 Å². The maximum absolute atomic E-state index is 6.24. The molecular weight excluding hydrogens is 230 g/mol. The van der Waals surface area contributed by atoms with Crippen LogP contribution >= 0.6 is 11.6 Å². The summed E-state index contributed by atoms with van der Waals surface area (Å²) in [5.74, 6) is 0. The number of hydrogen-bond acceptors (Lipinski definition) is 0. The zero-order valence-corrected chi connectivity index (χ0v) is 10.3. The average molecular weight is 242 g/mol. The quantitative estimate of drug-likeness (QED) is 0.591. The van der Waals surface area contributed by atoms with Gasteiger partial charge in [-0.3, -0.25) is 0 Å². The number of nitrogens with zero attached hydrogens (tertiary/aromatic N) is 1. The van der Waals surface area contributed by atoms with Gasteiger partial charge in [0.05, 0.1) is 5.69 Å². The van der Waals surface area contributed by atoms with E-state index in [1.165, 1.54) is 10.9 Å². The van der Waals surface area contributed by atoms with Crippen LogP contribution in [0.2, 0.25) is 5.02 Å².